The molecular formula is C16H34N2O2. The van der Waals surface area contributed by atoms with E-state index in [4.69, 9.17) is 4.74 Å². The molecular weight excluding hydrogens is 252 g/mol. The Balaban J connectivity index is 4.16. The van der Waals surface area contributed by atoms with E-state index in [2.05, 4.69) is 31.4 Å². The lowest BCUT2D eigenvalue weighted by atomic mass is 10.0. The Kier molecular flexibility index (Phi) is 9.64. The molecule has 0 aliphatic heterocycles. The summed E-state index contributed by atoms with van der Waals surface area (Å²) >= 11 is 0. The number of alkyl carbamates (subject to hydrolysis) is 1. The minimum absolute atomic E-state index is 0.311. The molecule has 0 heterocycles. The van der Waals surface area contributed by atoms with Gasteiger partial charge in [-0.2, -0.15) is 0 Å². The van der Waals surface area contributed by atoms with Crippen molar-refractivity contribution < 1.29 is 9.53 Å². The van der Waals surface area contributed by atoms with E-state index in [-0.39, 0.29) is 6.09 Å². The van der Waals surface area contributed by atoms with Gasteiger partial charge in [0.1, 0.15) is 5.60 Å². The molecule has 120 valence electrons. The lowest BCUT2D eigenvalue weighted by Crippen LogP contribution is -2.46. The number of nitrogens with one attached hydrogen (secondary N) is 2. The van der Waals surface area contributed by atoms with Gasteiger partial charge in [-0.05, 0) is 40.0 Å². The summed E-state index contributed by atoms with van der Waals surface area (Å²) in [4.78, 5) is 11.7. The maximum Gasteiger partial charge on any atom is 0.407 e. The van der Waals surface area contributed by atoms with Crippen molar-refractivity contribution in [2.24, 2.45) is 0 Å². The highest BCUT2D eigenvalue weighted by molar-refractivity contribution is 5.67. The maximum atomic E-state index is 11.7. The highest BCUT2D eigenvalue weighted by Crippen LogP contribution is 2.08. The SMILES string of the molecule is CCCC(CCC)NC(CC)CNC(=O)OC(C)(C)C. The van der Waals surface area contributed by atoms with Gasteiger partial charge in [-0.1, -0.05) is 33.6 Å². The fourth-order valence-corrected chi connectivity index (χ4v) is 2.18. The first-order valence-corrected chi connectivity index (χ1v) is 8.05. The monoisotopic (exact) mass is 286 g/mol. The van der Waals surface area contributed by atoms with Crippen molar-refractivity contribution in [3.05, 3.63) is 0 Å². The topological polar surface area (TPSA) is 50.4 Å². The van der Waals surface area contributed by atoms with Gasteiger partial charge in [-0.3, -0.25) is 0 Å². The molecule has 0 aromatic heterocycles. The summed E-state index contributed by atoms with van der Waals surface area (Å²) in [6.45, 7) is 12.8. The smallest absolute Gasteiger partial charge is 0.407 e. The van der Waals surface area contributed by atoms with Crippen LogP contribution < -0.4 is 10.6 Å². The summed E-state index contributed by atoms with van der Waals surface area (Å²) in [5.41, 5.74) is -0.438. The second kappa shape index (κ2) is 10.0. The van der Waals surface area contributed by atoms with Gasteiger partial charge in [0.25, 0.3) is 0 Å². The van der Waals surface area contributed by atoms with Gasteiger partial charge in [0.15, 0.2) is 0 Å². The van der Waals surface area contributed by atoms with Crippen LogP contribution in [0.5, 0.6) is 0 Å². The zero-order valence-electron chi connectivity index (χ0n) is 14.2. The number of ether oxygens (including phenoxy) is 1. The van der Waals surface area contributed by atoms with Crippen molar-refractivity contribution in [2.75, 3.05) is 6.54 Å². The highest BCUT2D eigenvalue weighted by atomic mass is 16.6. The molecule has 0 aliphatic rings. The van der Waals surface area contributed by atoms with E-state index in [0.717, 1.165) is 6.42 Å². The first-order chi connectivity index (χ1) is 9.32. The third-order valence-corrected chi connectivity index (χ3v) is 3.13. The van der Waals surface area contributed by atoms with Gasteiger partial charge < -0.3 is 15.4 Å². The number of amides is 1. The van der Waals surface area contributed by atoms with Crippen LogP contribution in [0.4, 0.5) is 4.79 Å². The van der Waals surface area contributed by atoms with Gasteiger partial charge >= 0.3 is 6.09 Å². The standard InChI is InChI=1S/C16H34N2O2/c1-7-10-14(11-8-2)18-13(9-3)12-17-15(19)20-16(4,5)6/h13-14,18H,7-12H2,1-6H3,(H,17,19). The maximum absolute atomic E-state index is 11.7. The molecule has 4 heteroatoms. The molecule has 0 rings (SSSR count). The normalized spacial score (nSPS) is 13.3. The van der Waals surface area contributed by atoms with Crippen LogP contribution in [-0.4, -0.2) is 30.3 Å². The van der Waals surface area contributed by atoms with Gasteiger partial charge in [0.05, 0.1) is 0 Å². The average molecular weight is 286 g/mol. The van der Waals surface area contributed by atoms with Crippen LogP contribution in [0.3, 0.4) is 0 Å². The molecule has 0 spiro atoms. The van der Waals surface area contributed by atoms with Crippen LogP contribution >= 0.6 is 0 Å². The van der Waals surface area contributed by atoms with Gasteiger partial charge in [0.2, 0.25) is 0 Å². The van der Waals surface area contributed by atoms with Crippen molar-refractivity contribution >= 4 is 6.09 Å². The second-order valence-corrected chi connectivity index (χ2v) is 6.43. The Hall–Kier alpha value is -0.770. The molecule has 0 fully saturated rings. The summed E-state index contributed by atoms with van der Waals surface area (Å²) in [7, 11) is 0. The average Bonchev–Trinajstić information content (AvgIpc) is 2.32. The third-order valence-electron chi connectivity index (χ3n) is 3.13. The molecule has 0 bridgehead atoms. The lowest BCUT2D eigenvalue weighted by molar-refractivity contribution is 0.0521. The van der Waals surface area contributed by atoms with E-state index < -0.39 is 5.60 Å². The Labute approximate surface area is 125 Å². The van der Waals surface area contributed by atoms with E-state index >= 15 is 0 Å². The Morgan fingerprint density at radius 2 is 1.60 bits per heavy atom. The predicted octanol–water partition coefficient (Wildman–Crippen LogP) is 3.85. The summed E-state index contributed by atoms with van der Waals surface area (Å²) in [6.07, 6.45) is 5.43. The molecule has 0 aromatic carbocycles. The third kappa shape index (κ3) is 10.1. The first-order valence-electron chi connectivity index (χ1n) is 8.05. The molecule has 0 radical (unpaired) electrons. The largest absolute Gasteiger partial charge is 0.444 e. The summed E-state index contributed by atoms with van der Waals surface area (Å²) in [6, 6.07) is 0.862. The van der Waals surface area contributed by atoms with Crippen LogP contribution in [0, 0.1) is 0 Å². The predicted molar refractivity (Wildman–Crippen MR) is 85.1 cm³/mol. The number of carbonyl (C=O) groups excluding carboxylic acids is 1. The van der Waals surface area contributed by atoms with E-state index in [1.165, 1.54) is 25.7 Å². The van der Waals surface area contributed by atoms with Gasteiger partial charge in [-0.15, -0.1) is 0 Å². The molecule has 1 amide bonds. The second-order valence-electron chi connectivity index (χ2n) is 6.43. The Morgan fingerprint density at radius 3 is 2.00 bits per heavy atom. The Morgan fingerprint density at radius 1 is 1.05 bits per heavy atom. The van der Waals surface area contributed by atoms with Crippen LogP contribution in [0.2, 0.25) is 0 Å². The number of carbonyl (C=O) groups is 1. The van der Waals surface area contributed by atoms with Crippen LogP contribution in [0.1, 0.15) is 73.6 Å². The molecule has 0 aliphatic carbocycles. The molecule has 0 saturated carbocycles. The van der Waals surface area contributed by atoms with Crippen LogP contribution in [0.25, 0.3) is 0 Å². The molecule has 0 aromatic rings. The lowest BCUT2D eigenvalue weighted by Gasteiger charge is -2.26. The highest BCUT2D eigenvalue weighted by Gasteiger charge is 2.18. The van der Waals surface area contributed by atoms with Crippen LogP contribution in [-0.2, 0) is 4.74 Å². The molecule has 1 unspecified atom stereocenters. The zero-order valence-corrected chi connectivity index (χ0v) is 14.2. The van der Waals surface area contributed by atoms with Gasteiger partial charge in [0, 0.05) is 18.6 Å². The molecule has 2 N–H and O–H groups in total. The zero-order chi connectivity index (χ0) is 15.6. The van der Waals surface area contributed by atoms with Crippen molar-refractivity contribution in [1.82, 2.24) is 10.6 Å². The van der Waals surface area contributed by atoms with E-state index in [9.17, 15) is 4.79 Å². The summed E-state index contributed by atoms with van der Waals surface area (Å²) in [5.74, 6) is 0. The van der Waals surface area contributed by atoms with Gasteiger partial charge in [-0.25, -0.2) is 4.79 Å². The fraction of sp³-hybridized carbons (Fsp3) is 0.938. The summed E-state index contributed by atoms with van der Waals surface area (Å²) in [5, 5.41) is 6.51. The van der Waals surface area contributed by atoms with E-state index in [1.54, 1.807) is 0 Å². The van der Waals surface area contributed by atoms with E-state index in [0.29, 0.717) is 18.6 Å². The van der Waals surface area contributed by atoms with Crippen molar-refractivity contribution in [1.29, 1.82) is 0 Å². The number of hydrogen-bond donors (Lipinski definition) is 2. The number of hydrogen-bond acceptors (Lipinski definition) is 3. The van der Waals surface area contributed by atoms with Crippen molar-refractivity contribution in [2.45, 2.75) is 91.3 Å². The molecule has 20 heavy (non-hydrogen) atoms. The minimum atomic E-state index is -0.438. The molecule has 0 saturated heterocycles. The quantitative estimate of drug-likeness (QED) is 0.677. The summed E-state index contributed by atoms with van der Waals surface area (Å²) < 4.78 is 5.25. The fourth-order valence-electron chi connectivity index (χ4n) is 2.18. The van der Waals surface area contributed by atoms with Crippen LogP contribution in [0.15, 0.2) is 0 Å². The molecule has 4 nitrogen and oxygen atoms in total. The minimum Gasteiger partial charge on any atom is -0.444 e. The van der Waals surface area contributed by atoms with Crippen molar-refractivity contribution in [3.8, 4) is 0 Å². The Bertz CT molecular complexity index is 256. The van der Waals surface area contributed by atoms with Crippen molar-refractivity contribution in [3.63, 3.8) is 0 Å². The number of rotatable bonds is 9. The first kappa shape index (κ1) is 19.2. The van der Waals surface area contributed by atoms with E-state index in [1.807, 2.05) is 20.8 Å². The molecule has 1 atom stereocenters.